The van der Waals surface area contributed by atoms with E-state index in [4.69, 9.17) is 9.47 Å². The second-order valence-corrected chi connectivity index (χ2v) is 4.71. The maximum atomic E-state index is 11.8. The highest BCUT2D eigenvalue weighted by atomic mass is 16.7. The zero-order chi connectivity index (χ0) is 14.6. The van der Waals surface area contributed by atoms with Gasteiger partial charge in [-0.15, -0.1) is 0 Å². The lowest BCUT2D eigenvalue weighted by atomic mass is 9.97. The summed E-state index contributed by atoms with van der Waals surface area (Å²) in [5.41, 5.74) is -1.02. The third-order valence-corrected chi connectivity index (χ3v) is 2.31. The highest BCUT2D eigenvalue weighted by molar-refractivity contribution is 6.01. The summed E-state index contributed by atoms with van der Waals surface area (Å²) in [6.45, 7) is 5.76. The summed E-state index contributed by atoms with van der Waals surface area (Å²) >= 11 is 0. The minimum atomic E-state index is -1.41. The van der Waals surface area contributed by atoms with Gasteiger partial charge in [-0.3, -0.25) is 9.59 Å². The summed E-state index contributed by atoms with van der Waals surface area (Å²) in [4.78, 5) is 22.5. The van der Waals surface area contributed by atoms with Gasteiger partial charge in [-0.05, 0) is 38.1 Å². The number of ketones is 1. The fraction of sp³-hybridized carbons (Fsp3) is 0.429. The Hall–Kier alpha value is -1.88. The maximum Gasteiger partial charge on any atom is 0.305 e. The SMILES string of the molecule is CC(=O)OC(C)Oc1ccc(C(=O)C(C)(C)O)cc1. The molecule has 0 amide bonds. The van der Waals surface area contributed by atoms with Gasteiger partial charge in [0, 0.05) is 19.4 Å². The third kappa shape index (κ3) is 4.71. The van der Waals surface area contributed by atoms with Crippen LogP contribution in [-0.2, 0) is 9.53 Å². The minimum Gasteiger partial charge on any atom is -0.455 e. The molecule has 0 saturated heterocycles. The number of ether oxygens (including phenoxy) is 2. The van der Waals surface area contributed by atoms with Gasteiger partial charge in [0.2, 0.25) is 6.29 Å². The molecule has 19 heavy (non-hydrogen) atoms. The molecule has 0 bridgehead atoms. The Kier molecular flexibility index (Phi) is 4.67. The lowest BCUT2D eigenvalue weighted by molar-refractivity contribution is -0.158. The second kappa shape index (κ2) is 5.84. The van der Waals surface area contributed by atoms with Crippen molar-refractivity contribution < 1.29 is 24.2 Å². The average Bonchev–Trinajstić information content (AvgIpc) is 2.26. The van der Waals surface area contributed by atoms with Crippen molar-refractivity contribution in [2.45, 2.75) is 39.6 Å². The average molecular weight is 266 g/mol. The fourth-order valence-corrected chi connectivity index (χ4v) is 1.49. The van der Waals surface area contributed by atoms with Crippen molar-refractivity contribution in [2.75, 3.05) is 0 Å². The van der Waals surface area contributed by atoms with Crippen molar-refractivity contribution in [3.8, 4) is 5.75 Å². The molecule has 5 nitrogen and oxygen atoms in total. The van der Waals surface area contributed by atoms with Gasteiger partial charge in [-0.1, -0.05) is 0 Å². The molecule has 0 saturated carbocycles. The Bertz CT molecular complexity index is 456. The van der Waals surface area contributed by atoms with Crippen molar-refractivity contribution in [1.29, 1.82) is 0 Å². The maximum absolute atomic E-state index is 11.8. The van der Waals surface area contributed by atoms with Crippen molar-refractivity contribution in [3.05, 3.63) is 29.8 Å². The molecule has 0 aromatic heterocycles. The van der Waals surface area contributed by atoms with Crippen LogP contribution >= 0.6 is 0 Å². The highest BCUT2D eigenvalue weighted by Crippen LogP contribution is 2.18. The van der Waals surface area contributed by atoms with Gasteiger partial charge < -0.3 is 14.6 Å². The van der Waals surface area contributed by atoms with Crippen LogP contribution in [0.25, 0.3) is 0 Å². The Morgan fingerprint density at radius 1 is 1.21 bits per heavy atom. The molecular weight excluding hydrogens is 248 g/mol. The molecule has 1 rings (SSSR count). The number of carbonyl (C=O) groups is 2. The van der Waals surface area contributed by atoms with Crippen LogP contribution < -0.4 is 4.74 Å². The first-order valence-corrected chi connectivity index (χ1v) is 5.91. The normalized spacial score (nSPS) is 12.7. The number of Topliss-reactive ketones (excluding diaryl/α,β-unsaturated/α-hetero) is 1. The molecular formula is C14H18O5. The summed E-state index contributed by atoms with van der Waals surface area (Å²) in [7, 11) is 0. The molecule has 0 aliphatic rings. The Morgan fingerprint density at radius 3 is 2.16 bits per heavy atom. The van der Waals surface area contributed by atoms with Crippen molar-refractivity contribution in [3.63, 3.8) is 0 Å². The van der Waals surface area contributed by atoms with Crippen LogP contribution in [0.4, 0.5) is 0 Å². The van der Waals surface area contributed by atoms with Gasteiger partial charge in [-0.2, -0.15) is 0 Å². The molecule has 0 heterocycles. The number of hydrogen-bond donors (Lipinski definition) is 1. The minimum absolute atomic E-state index is 0.368. The van der Waals surface area contributed by atoms with E-state index in [1.165, 1.54) is 20.8 Å². The first-order valence-electron chi connectivity index (χ1n) is 5.91. The van der Waals surface area contributed by atoms with E-state index in [1.807, 2.05) is 0 Å². The van der Waals surface area contributed by atoms with Crippen LogP contribution in [0, 0.1) is 0 Å². The van der Waals surface area contributed by atoms with E-state index in [9.17, 15) is 14.7 Å². The van der Waals surface area contributed by atoms with Crippen LogP contribution in [0.1, 0.15) is 38.1 Å². The van der Waals surface area contributed by atoms with Gasteiger partial charge in [0.1, 0.15) is 11.4 Å². The van der Waals surface area contributed by atoms with E-state index < -0.39 is 17.9 Å². The molecule has 0 aliphatic carbocycles. The lowest BCUT2D eigenvalue weighted by Gasteiger charge is -2.17. The number of aliphatic hydroxyl groups is 1. The second-order valence-electron chi connectivity index (χ2n) is 4.71. The third-order valence-electron chi connectivity index (χ3n) is 2.31. The van der Waals surface area contributed by atoms with Gasteiger partial charge in [-0.25, -0.2) is 0 Å². The van der Waals surface area contributed by atoms with E-state index in [1.54, 1.807) is 31.2 Å². The Morgan fingerprint density at radius 2 is 1.74 bits per heavy atom. The van der Waals surface area contributed by atoms with Crippen LogP contribution in [0.3, 0.4) is 0 Å². The summed E-state index contributed by atoms with van der Waals surface area (Å²) in [6.07, 6.45) is -0.701. The first-order chi connectivity index (χ1) is 8.70. The van der Waals surface area contributed by atoms with E-state index in [0.717, 1.165) is 0 Å². The number of hydrogen-bond acceptors (Lipinski definition) is 5. The van der Waals surface area contributed by atoms with Crippen LogP contribution in [0.2, 0.25) is 0 Å². The van der Waals surface area contributed by atoms with Crippen LogP contribution in [-0.4, -0.2) is 28.8 Å². The molecule has 1 atom stereocenters. The molecule has 104 valence electrons. The number of benzene rings is 1. The van der Waals surface area contributed by atoms with Gasteiger partial charge in [0.15, 0.2) is 5.78 Å². The van der Waals surface area contributed by atoms with E-state index in [-0.39, 0.29) is 5.78 Å². The number of esters is 1. The Labute approximate surface area is 112 Å². The quantitative estimate of drug-likeness (QED) is 0.501. The molecule has 0 fully saturated rings. The Balaban J connectivity index is 2.72. The number of rotatable bonds is 5. The van der Waals surface area contributed by atoms with Crippen molar-refractivity contribution >= 4 is 11.8 Å². The molecule has 1 aromatic carbocycles. The predicted molar refractivity (Wildman–Crippen MR) is 68.9 cm³/mol. The predicted octanol–water partition coefficient (Wildman–Crippen LogP) is 1.93. The molecule has 5 heteroatoms. The van der Waals surface area contributed by atoms with Crippen molar-refractivity contribution in [1.82, 2.24) is 0 Å². The molecule has 1 aromatic rings. The first kappa shape index (κ1) is 15.2. The van der Waals surface area contributed by atoms with Crippen LogP contribution in [0.5, 0.6) is 5.75 Å². The van der Waals surface area contributed by atoms with E-state index in [2.05, 4.69) is 0 Å². The smallest absolute Gasteiger partial charge is 0.305 e. The van der Waals surface area contributed by atoms with Gasteiger partial charge >= 0.3 is 5.97 Å². The summed E-state index contributed by atoms with van der Waals surface area (Å²) in [5.74, 6) is -0.325. The fourth-order valence-electron chi connectivity index (χ4n) is 1.49. The molecule has 0 aliphatic heterocycles. The zero-order valence-corrected chi connectivity index (χ0v) is 11.5. The number of carbonyl (C=O) groups excluding carboxylic acids is 2. The van der Waals surface area contributed by atoms with E-state index in [0.29, 0.717) is 11.3 Å². The molecule has 0 spiro atoms. The monoisotopic (exact) mass is 266 g/mol. The molecule has 0 radical (unpaired) electrons. The summed E-state index contributed by atoms with van der Waals surface area (Å²) in [5, 5.41) is 9.62. The summed E-state index contributed by atoms with van der Waals surface area (Å²) < 4.78 is 10.1. The topological polar surface area (TPSA) is 72.8 Å². The van der Waals surface area contributed by atoms with Crippen molar-refractivity contribution in [2.24, 2.45) is 0 Å². The summed E-state index contributed by atoms with van der Waals surface area (Å²) in [6, 6.07) is 6.27. The molecule has 1 unspecified atom stereocenters. The van der Waals surface area contributed by atoms with Gasteiger partial charge in [0.05, 0.1) is 0 Å². The largest absolute Gasteiger partial charge is 0.455 e. The molecule has 1 N–H and O–H groups in total. The lowest BCUT2D eigenvalue weighted by Crippen LogP contribution is -2.31. The van der Waals surface area contributed by atoms with E-state index >= 15 is 0 Å². The zero-order valence-electron chi connectivity index (χ0n) is 11.5. The van der Waals surface area contributed by atoms with Gasteiger partial charge in [0.25, 0.3) is 0 Å². The van der Waals surface area contributed by atoms with Crippen LogP contribution in [0.15, 0.2) is 24.3 Å². The standard InChI is InChI=1S/C14H18O5/c1-9(15)18-10(2)19-12-7-5-11(6-8-12)13(16)14(3,4)17/h5-8,10,17H,1-4H3. The highest BCUT2D eigenvalue weighted by Gasteiger charge is 2.25.